The molecule has 1 atom stereocenters. The molecule has 25 heavy (non-hydrogen) atoms. The van der Waals surface area contributed by atoms with Gasteiger partial charge in [-0.05, 0) is 63.3 Å². The number of benzene rings is 1. The van der Waals surface area contributed by atoms with Crippen LogP contribution in [0.1, 0.15) is 44.7 Å². The van der Waals surface area contributed by atoms with Crippen LogP contribution in [0, 0.1) is 0 Å². The van der Waals surface area contributed by atoms with Crippen LogP contribution in [0.5, 0.6) is 0 Å². The van der Waals surface area contributed by atoms with Gasteiger partial charge in [0.05, 0.1) is 0 Å². The molecule has 1 aromatic carbocycles. The van der Waals surface area contributed by atoms with Gasteiger partial charge in [0.15, 0.2) is 0 Å². The number of nitrogens with one attached hydrogen (secondary N) is 1. The van der Waals surface area contributed by atoms with Crippen molar-refractivity contribution in [2.24, 2.45) is 0 Å². The zero-order valence-corrected chi connectivity index (χ0v) is 15.1. The number of nitrogens with zero attached hydrogens (tertiary/aromatic N) is 1. The van der Waals surface area contributed by atoms with Crippen molar-refractivity contribution in [1.29, 1.82) is 0 Å². The highest BCUT2D eigenvalue weighted by atomic mass is 16.6. The number of amides is 2. The van der Waals surface area contributed by atoms with Gasteiger partial charge in [0.25, 0.3) is 5.91 Å². The quantitative estimate of drug-likeness (QED) is 0.893. The van der Waals surface area contributed by atoms with Crippen LogP contribution in [0.15, 0.2) is 18.2 Å². The number of hydrogen-bond acceptors (Lipinski definition) is 4. The number of carbonyl (C=O) groups is 2. The van der Waals surface area contributed by atoms with E-state index in [0.29, 0.717) is 19.7 Å². The zero-order valence-electron chi connectivity index (χ0n) is 15.1. The van der Waals surface area contributed by atoms with Gasteiger partial charge >= 0.3 is 6.09 Å². The number of ether oxygens (including phenoxy) is 2. The Kier molecular flexibility index (Phi) is 4.99. The van der Waals surface area contributed by atoms with E-state index in [0.717, 1.165) is 30.5 Å². The maximum atomic E-state index is 12.3. The molecule has 6 nitrogen and oxygen atoms in total. The average molecular weight is 346 g/mol. The van der Waals surface area contributed by atoms with Crippen LogP contribution in [-0.4, -0.2) is 41.8 Å². The van der Waals surface area contributed by atoms with Gasteiger partial charge in [0, 0.05) is 25.4 Å². The van der Waals surface area contributed by atoms with Crippen LogP contribution in [-0.2, 0) is 27.2 Å². The molecule has 2 aliphatic rings. The molecule has 1 aromatic rings. The van der Waals surface area contributed by atoms with Gasteiger partial charge in [0.1, 0.15) is 11.7 Å². The molecule has 0 radical (unpaired) electrons. The van der Waals surface area contributed by atoms with Gasteiger partial charge in [-0.3, -0.25) is 4.79 Å². The topological polar surface area (TPSA) is 67.9 Å². The molecule has 2 amide bonds. The summed E-state index contributed by atoms with van der Waals surface area (Å²) in [5, 5.41) is 2.92. The van der Waals surface area contributed by atoms with Crippen molar-refractivity contribution >= 4 is 17.7 Å². The number of anilines is 1. The molecule has 0 aromatic heterocycles. The van der Waals surface area contributed by atoms with Crippen LogP contribution in [0.3, 0.4) is 0 Å². The largest absolute Gasteiger partial charge is 0.444 e. The van der Waals surface area contributed by atoms with E-state index in [4.69, 9.17) is 9.47 Å². The number of carbonyl (C=O) groups excluding carboxylic acids is 2. The van der Waals surface area contributed by atoms with E-state index in [1.165, 1.54) is 5.56 Å². The van der Waals surface area contributed by atoms with Crippen molar-refractivity contribution in [2.75, 3.05) is 18.5 Å². The minimum Gasteiger partial charge on any atom is -0.444 e. The van der Waals surface area contributed by atoms with Gasteiger partial charge in [-0.1, -0.05) is 6.07 Å². The first-order valence-electron chi connectivity index (χ1n) is 8.84. The predicted octanol–water partition coefficient (Wildman–Crippen LogP) is 3.10. The van der Waals surface area contributed by atoms with Crippen molar-refractivity contribution in [1.82, 2.24) is 4.90 Å². The summed E-state index contributed by atoms with van der Waals surface area (Å²) in [5.74, 6) is -0.0998. The van der Waals surface area contributed by atoms with E-state index < -0.39 is 5.60 Å². The fourth-order valence-corrected chi connectivity index (χ4v) is 3.12. The lowest BCUT2D eigenvalue weighted by Gasteiger charge is -2.31. The lowest BCUT2D eigenvalue weighted by atomic mass is 9.99. The third-order valence-electron chi connectivity index (χ3n) is 4.36. The summed E-state index contributed by atoms with van der Waals surface area (Å²) in [6, 6.07) is 5.88. The Balaban J connectivity index is 1.66. The van der Waals surface area contributed by atoms with Gasteiger partial charge in [-0.15, -0.1) is 0 Å². The summed E-state index contributed by atoms with van der Waals surface area (Å²) in [6.07, 6.45) is 1.83. The highest BCUT2D eigenvalue weighted by Gasteiger charge is 2.27. The molecule has 3 rings (SSSR count). The molecule has 0 bridgehead atoms. The first-order chi connectivity index (χ1) is 11.8. The second kappa shape index (κ2) is 7.04. The first-order valence-corrected chi connectivity index (χ1v) is 8.84. The second-order valence-corrected chi connectivity index (χ2v) is 7.63. The van der Waals surface area contributed by atoms with Crippen molar-refractivity contribution in [3.63, 3.8) is 0 Å². The van der Waals surface area contributed by atoms with Crippen LogP contribution in [0.25, 0.3) is 0 Å². The van der Waals surface area contributed by atoms with Crippen LogP contribution >= 0.6 is 0 Å². The smallest absolute Gasteiger partial charge is 0.410 e. The average Bonchev–Trinajstić information content (AvgIpc) is 3.07. The van der Waals surface area contributed by atoms with E-state index in [9.17, 15) is 9.59 Å². The second-order valence-electron chi connectivity index (χ2n) is 7.63. The molecule has 0 aliphatic carbocycles. The van der Waals surface area contributed by atoms with Gasteiger partial charge in [0.2, 0.25) is 0 Å². The molecular formula is C19H26N2O4. The van der Waals surface area contributed by atoms with Crippen molar-refractivity contribution in [3.05, 3.63) is 29.3 Å². The fraction of sp³-hybridized carbons (Fsp3) is 0.579. The summed E-state index contributed by atoms with van der Waals surface area (Å²) >= 11 is 0. The van der Waals surface area contributed by atoms with Crippen molar-refractivity contribution in [2.45, 2.75) is 58.3 Å². The van der Waals surface area contributed by atoms with Gasteiger partial charge in [-0.25, -0.2) is 4.79 Å². The third-order valence-corrected chi connectivity index (χ3v) is 4.36. The summed E-state index contributed by atoms with van der Waals surface area (Å²) in [7, 11) is 0. The van der Waals surface area contributed by atoms with E-state index in [2.05, 4.69) is 5.32 Å². The van der Waals surface area contributed by atoms with Crippen LogP contribution in [0.2, 0.25) is 0 Å². The normalized spacial score (nSPS) is 20.1. The Morgan fingerprint density at radius 3 is 2.76 bits per heavy atom. The van der Waals surface area contributed by atoms with Gasteiger partial charge < -0.3 is 19.7 Å². The Hall–Kier alpha value is -2.08. The minimum absolute atomic E-state index is 0.0998. The molecule has 136 valence electrons. The summed E-state index contributed by atoms with van der Waals surface area (Å²) < 4.78 is 10.9. The molecule has 2 aliphatic heterocycles. The molecule has 1 fully saturated rings. The highest BCUT2D eigenvalue weighted by molar-refractivity contribution is 5.94. The molecule has 0 saturated carbocycles. The molecule has 1 saturated heterocycles. The highest BCUT2D eigenvalue weighted by Crippen LogP contribution is 2.25. The molecule has 2 heterocycles. The van der Waals surface area contributed by atoms with E-state index in [1.807, 2.05) is 39.0 Å². The number of rotatable bonds is 2. The third kappa shape index (κ3) is 4.51. The Labute approximate surface area is 148 Å². The lowest BCUT2D eigenvalue weighted by molar-refractivity contribution is -0.124. The van der Waals surface area contributed by atoms with Gasteiger partial charge in [-0.2, -0.15) is 0 Å². The summed E-state index contributed by atoms with van der Waals surface area (Å²) in [4.78, 5) is 26.2. The molecule has 6 heteroatoms. The predicted molar refractivity (Wildman–Crippen MR) is 94.4 cm³/mol. The zero-order chi connectivity index (χ0) is 18.0. The molecule has 0 spiro atoms. The standard InChI is InChI=1S/C19H26N2O4/c1-19(2,3)25-18(23)21-9-8-13-6-7-15(11-14(13)12-21)20-17(22)16-5-4-10-24-16/h6-7,11,16H,4-5,8-10,12H2,1-3H3,(H,20,22)/t16-/m1/s1. The summed E-state index contributed by atoms with van der Waals surface area (Å²) in [6.45, 7) is 7.37. The van der Waals surface area contributed by atoms with E-state index >= 15 is 0 Å². The number of hydrogen-bond donors (Lipinski definition) is 1. The number of fused-ring (bicyclic) bond motifs is 1. The Morgan fingerprint density at radius 1 is 1.28 bits per heavy atom. The molecule has 0 unspecified atom stereocenters. The maximum absolute atomic E-state index is 12.3. The molecule has 1 N–H and O–H groups in total. The van der Waals surface area contributed by atoms with Crippen LogP contribution in [0.4, 0.5) is 10.5 Å². The minimum atomic E-state index is -0.505. The Morgan fingerprint density at radius 2 is 2.08 bits per heavy atom. The monoisotopic (exact) mass is 346 g/mol. The maximum Gasteiger partial charge on any atom is 0.410 e. The van der Waals surface area contributed by atoms with Crippen molar-refractivity contribution < 1.29 is 19.1 Å². The fourth-order valence-electron chi connectivity index (χ4n) is 3.12. The first kappa shape index (κ1) is 17.7. The summed E-state index contributed by atoms with van der Waals surface area (Å²) in [5.41, 5.74) is 2.48. The SMILES string of the molecule is CC(C)(C)OC(=O)N1CCc2ccc(NC(=O)[C@H]3CCCO3)cc2C1. The van der Waals surface area contributed by atoms with E-state index in [1.54, 1.807) is 4.90 Å². The Bertz CT molecular complexity index is 660. The molecular weight excluding hydrogens is 320 g/mol. The van der Waals surface area contributed by atoms with E-state index in [-0.39, 0.29) is 18.1 Å². The van der Waals surface area contributed by atoms with Crippen molar-refractivity contribution in [3.8, 4) is 0 Å². The lowest BCUT2D eigenvalue weighted by Crippen LogP contribution is -2.39. The van der Waals surface area contributed by atoms with Crippen LogP contribution < -0.4 is 5.32 Å².